The molecule has 66 valence electrons. The van der Waals surface area contributed by atoms with Gasteiger partial charge in [0.15, 0.2) is 6.19 Å². The van der Waals surface area contributed by atoms with Crippen molar-refractivity contribution in [1.29, 1.82) is 10.7 Å². The molecule has 1 aromatic carbocycles. The fourth-order valence-electron chi connectivity index (χ4n) is 0.714. The number of nitriles is 1. The summed E-state index contributed by atoms with van der Waals surface area (Å²) in [6.45, 7) is 0. The molecule has 0 spiro atoms. The van der Waals surface area contributed by atoms with Crippen LogP contribution < -0.4 is 4.74 Å². The Morgan fingerprint density at radius 3 is 2.62 bits per heavy atom. The van der Waals surface area contributed by atoms with Gasteiger partial charge in [-0.3, -0.25) is 5.41 Å². The fraction of sp³-hybridized carbons (Fsp3) is 0.111. The topological polar surface area (TPSA) is 60.1 Å². The average Bonchev–Trinajstić information content (AvgIpc) is 2.18. The Morgan fingerprint density at radius 1 is 1.46 bits per heavy atom. The minimum Gasteiger partial charge on any atom is -0.425 e. The first-order valence-electron chi connectivity index (χ1n) is 3.69. The largest absolute Gasteiger partial charge is 0.425 e. The summed E-state index contributed by atoms with van der Waals surface area (Å²) < 4.78 is 5.05. The highest BCUT2D eigenvalue weighted by atomic mass is 16.5. The summed E-state index contributed by atoms with van der Waals surface area (Å²) in [5.74, 6) is 0.551. The molecule has 0 radical (unpaired) electrons. The molecular formula is C9H9N3O. The summed E-state index contributed by atoms with van der Waals surface area (Å²) in [5, 5.41) is 15.8. The number of amidine groups is 1. The molecule has 0 amide bonds. The first kappa shape index (κ1) is 9.07. The van der Waals surface area contributed by atoms with E-state index < -0.39 is 0 Å². The Hall–Kier alpha value is -2.02. The van der Waals surface area contributed by atoms with Gasteiger partial charge in [0.05, 0.1) is 0 Å². The molecule has 13 heavy (non-hydrogen) atoms. The van der Waals surface area contributed by atoms with Crippen molar-refractivity contribution in [2.45, 2.75) is 0 Å². The molecule has 0 aromatic heterocycles. The molecule has 0 aliphatic carbocycles. The molecule has 0 fully saturated rings. The van der Waals surface area contributed by atoms with Gasteiger partial charge in [0, 0.05) is 7.05 Å². The third-order valence-corrected chi connectivity index (χ3v) is 1.41. The van der Waals surface area contributed by atoms with Crippen LogP contribution in [0.15, 0.2) is 30.3 Å². The average molecular weight is 175 g/mol. The molecule has 1 rings (SSSR count). The third kappa shape index (κ3) is 2.49. The van der Waals surface area contributed by atoms with Crippen molar-refractivity contribution in [2.24, 2.45) is 0 Å². The van der Waals surface area contributed by atoms with Gasteiger partial charge < -0.3 is 4.74 Å². The van der Waals surface area contributed by atoms with E-state index >= 15 is 0 Å². The van der Waals surface area contributed by atoms with Crippen molar-refractivity contribution in [3.63, 3.8) is 0 Å². The zero-order valence-corrected chi connectivity index (χ0v) is 7.19. The third-order valence-electron chi connectivity index (χ3n) is 1.41. The van der Waals surface area contributed by atoms with E-state index in [1.807, 2.05) is 6.07 Å². The number of nitrogens with one attached hydrogen (secondary N) is 1. The molecule has 0 unspecified atom stereocenters. The van der Waals surface area contributed by atoms with E-state index in [1.165, 1.54) is 7.05 Å². The van der Waals surface area contributed by atoms with Crippen molar-refractivity contribution < 1.29 is 4.74 Å². The second-order valence-electron chi connectivity index (χ2n) is 2.38. The Balaban J connectivity index is 2.62. The smallest absolute Gasteiger partial charge is 0.303 e. The van der Waals surface area contributed by atoms with Gasteiger partial charge in [-0.15, -0.1) is 0 Å². The zero-order valence-electron chi connectivity index (χ0n) is 7.19. The number of hydrogen-bond acceptors (Lipinski definition) is 3. The summed E-state index contributed by atoms with van der Waals surface area (Å²) in [4.78, 5) is 1.03. The van der Waals surface area contributed by atoms with Crippen molar-refractivity contribution in [3.05, 3.63) is 30.3 Å². The quantitative estimate of drug-likeness (QED) is 0.304. The number of nitrogens with zero attached hydrogens (tertiary/aromatic N) is 2. The molecule has 0 aliphatic rings. The minimum absolute atomic E-state index is 0.186. The van der Waals surface area contributed by atoms with E-state index in [4.69, 9.17) is 15.4 Å². The van der Waals surface area contributed by atoms with Gasteiger partial charge in [-0.2, -0.15) is 5.26 Å². The summed E-state index contributed by atoms with van der Waals surface area (Å²) in [7, 11) is 1.46. The molecule has 4 nitrogen and oxygen atoms in total. The lowest BCUT2D eigenvalue weighted by Gasteiger charge is -2.10. The molecule has 1 aromatic rings. The van der Waals surface area contributed by atoms with E-state index in [0.29, 0.717) is 5.75 Å². The number of rotatable bonds is 1. The predicted octanol–water partition coefficient (Wildman–Crippen LogP) is 1.41. The van der Waals surface area contributed by atoms with Crippen LogP contribution in [0.1, 0.15) is 0 Å². The minimum atomic E-state index is -0.186. The normalized spacial score (nSPS) is 8.62. The van der Waals surface area contributed by atoms with Crippen LogP contribution in [0.3, 0.4) is 0 Å². The van der Waals surface area contributed by atoms with Crippen molar-refractivity contribution in [1.82, 2.24) is 4.90 Å². The van der Waals surface area contributed by atoms with Crippen molar-refractivity contribution in [3.8, 4) is 11.9 Å². The SMILES string of the molecule is CN(C#N)C(=N)Oc1ccccc1. The summed E-state index contributed by atoms with van der Waals surface area (Å²) in [6, 6.07) is 8.71. The van der Waals surface area contributed by atoms with E-state index in [1.54, 1.807) is 30.5 Å². The molecule has 0 saturated carbocycles. The maximum absolute atomic E-state index is 8.44. The molecule has 0 bridgehead atoms. The second kappa shape index (κ2) is 4.12. The highest BCUT2D eigenvalue weighted by molar-refractivity contribution is 5.74. The zero-order chi connectivity index (χ0) is 9.68. The first-order chi connectivity index (χ1) is 6.24. The number of hydrogen-bond donors (Lipinski definition) is 1. The molecule has 4 heteroatoms. The second-order valence-corrected chi connectivity index (χ2v) is 2.38. The molecular weight excluding hydrogens is 166 g/mol. The number of benzene rings is 1. The summed E-state index contributed by atoms with van der Waals surface area (Å²) in [6.07, 6.45) is 1.77. The van der Waals surface area contributed by atoms with Gasteiger partial charge in [-0.05, 0) is 12.1 Å². The van der Waals surface area contributed by atoms with E-state index in [2.05, 4.69) is 0 Å². The Bertz CT molecular complexity index is 328. The molecule has 1 N–H and O–H groups in total. The van der Waals surface area contributed by atoms with Crippen molar-refractivity contribution >= 4 is 6.02 Å². The predicted molar refractivity (Wildman–Crippen MR) is 48.2 cm³/mol. The van der Waals surface area contributed by atoms with Gasteiger partial charge >= 0.3 is 6.02 Å². The van der Waals surface area contributed by atoms with Gasteiger partial charge in [0.25, 0.3) is 0 Å². The van der Waals surface area contributed by atoms with Gasteiger partial charge in [0.1, 0.15) is 5.75 Å². The van der Waals surface area contributed by atoms with Gasteiger partial charge in [-0.1, -0.05) is 18.2 Å². The molecule has 0 heterocycles. The van der Waals surface area contributed by atoms with Crippen LogP contribution in [0.5, 0.6) is 5.75 Å². The van der Waals surface area contributed by atoms with Crippen LogP contribution >= 0.6 is 0 Å². The van der Waals surface area contributed by atoms with E-state index in [-0.39, 0.29) is 6.02 Å². The number of ether oxygens (including phenoxy) is 1. The Kier molecular flexibility index (Phi) is 2.87. The molecule has 0 saturated heterocycles. The van der Waals surface area contributed by atoms with Gasteiger partial charge in [0.2, 0.25) is 0 Å². The van der Waals surface area contributed by atoms with Crippen LogP contribution in [0.4, 0.5) is 0 Å². The highest BCUT2D eigenvalue weighted by Gasteiger charge is 2.04. The fourth-order valence-corrected chi connectivity index (χ4v) is 0.714. The Labute approximate surface area is 76.5 Å². The highest BCUT2D eigenvalue weighted by Crippen LogP contribution is 2.08. The van der Waals surface area contributed by atoms with Gasteiger partial charge in [-0.25, -0.2) is 4.90 Å². The Morgan fingerprint density at radius 2 is 2.08 bits per heavy atom. The van der Waals surface area contributed by atoms with E-state index in [0.717, 1.165) is 4.90 Å². The van der Waals surface area contributed by atoms with Crippen LogP contribution in [0, 0.1) is 16.9 Å². The standard InChI is InChI=1S/C9H9N3O/c1-12(7-10)9(11)13-8-5-3-2-4-6-8/h2-6,11H,1H3. The maximum Gasteiger partial charge on any atom is 0.303 e. The van der Waals surface area contributed by atoms with Crippen LogP contribution in [-0.4, -0.2) is 18.0 Å². The van der Waals surface area contributed by atoms with Crippen LogP contribution in [-0.2, 0) is 0 Å². The number of para-hydroxylation sites is 1. The van der Waals surface area contributed by atoms with Crippen LogP contribution in [0.2, 0.25) is 0 Å². The lowest BCUT2D eigenvalue weighted by atomic mass is 10.3. The molecule has 0 aliphatic heterocycles. The maximum atomic E-state index is 8.44. The van der Waals surface area contributed by atoms with Crippen LogP contribution in [0.25, 0.3) is 0 Å². The first-order valence-corrected chi connectivity index (χ1v) is 3.69. The summed E-state index contributed by atoms with van der Waals surface area (Å²) in [5.41, 5.74) is 0. The summed E-state index contributed by atoms with van der Waals surface area (Å²) >= 11 is 0. The molecule has 0 atom stereocenters. The monoisotopic (exact) mass is 175 g/mol. The van der Waals surface area contributed by atoms with E-state index in [9.17, 15) is 0 Å². The van der Waals surface area contributed by atoms with Crippen molar-refractivity contribution in [2.75, 3.05) is 7.05 Å². The lowest BCUT2D eigenvalue weighted by molar-refractivity contribution is 0.453. The lowest BCUT2D eigenvalue weighted by Crippen LogP contribution is -2.25.